The number of carbonyl (C=O) groups excluding carboxylic acids is 2. The summed E-state index contributed by atoms with van der Waals surface area (Å²) in [5.74, 6) is -0.262. The van der Waals surface area contributed by atoms with Crippen molar-refractivity contribution >= 4 is 43.5 Å². The summed E-state index contributed by atoms with van der Waals surface area (Å²) >= 11 is 3.45. The lowest BCUT2D eigenvalue weighted by Crippen LogP contribution is -2.52. The molecule has 3 aromatic rings. The van der Waals surface area contributed by atoms with Gasteiger partial charge in [-0.25, -0.2) is 8.42 Å². The Morgan fingerprint density at radius 1 is 0.949 bits per heavy atom. The lowest BCUT2D eigenvalue weighted by atomic mass is 10.1. The van der Waals surface area contributed by atoms with Gasteiger partial charge < -0.3 is 15.0 Å². The van der Waals surface area contributed by atoms with Crippen molar-refractivity contribution in [3.05, 3.63) is 88.9 Å². The lowest BCUT2D eigenvalue weighted by molar-refractivity contribution is -0.139. The van der Waals surface area contributed by atoms with E-state index in [-0.39, 0.29) is 23.4 Å². The smallest absolute Gasteiger partial charge is 0.264 e. The van der Waals surface area contributed by atoms with Crippen molar-refractivity contribution in [1.29, 1.82) is 0 Å². The van der Waals surface area contributed by atoms with Crippen LogP contribution >= 0.6 is 15.9 Å². The number of hydrogen-bond acceptors (Lipinski definition) is 5. The fraction of sp³-hybridized carbons (Fsp3) is 0.310. The third-order valence-electron chi connectivity index (χ3n) is 5.89. The predicted molar refractivity (Wildman–Crippen MR) is 156 cm³/mol. The number of hydrogen-bond donors (Lipinski definition) is 1. The Balaban J connectivity index is 2.02. The average Bonchev–Trinajstić information content (AvgIpc) is 2.90. The van der Waals surface area contributed by atoms with Crippen LogP contribution in [0.2, 0.25) is 0 Å². The first-order valence-corrected chi connectivity index (χ1v) is 14.9. The van der Waals surface area contributed by atoms with E-state index in [1.54, 1.807) is 49.4 Å². The molecule has 8 nitrogen and oxygen atoms in total. The summed E-state index contributed by atoms with van der Waals surface area (Å²) in [4.78, 5) is 28.3. The number of nitrogens with one attached hydrogen (secondary N) is 1. The van der Waals surface area contributed by atoms with E-state index in [9.17, 15) is 18.0 Å². The molecule has 3 rings (SSSR count). The number of carbonyl (C=O) groups is 2. The summed E-state index contributed by atoms with van der Waals surface area (Å²) in [7, 11) is -4.12. The highest BCUT2D eigenvalue weighted by Crippen LogP contribution is 2.27. The molecule has 0 unspecified atom stereocenters. The van der Waals surface area contributed by atoms with Gasteiger partial charge in [0.1, 0.15) is 18.3 Å². The molecule has 0 bridgehead atoms. The standard InChI is InChI=1S/C29H34BrN3O5S/c1-5-38-26-16-14-25(15-17-26)33(39(36,37)27-12-7-6-8-13-27)20-28(34)32(22(4)29(35)31-21(2)3)19-23-10-9-11-24(30)18-23/h6-18,21-22H,5,19-20H2,1-4H3,(H,31,35)/t22-/m1/s1. The van der Waals surface area contributed by atoms with E-state index in [0.29, 0.717) is 18.0 Å². The molecule has 0 aliphatic carbocycles. The molecule has 2 amide bonds. The molecule has 0 fully saturated rings. The van der Waals surface area contributed by atoms with Crippen molar-refractivity contribution < 1.29 is 22.7 Å². The second-order valence-electron chi connectivity index (χ2n) is 9.24. The van der Waals surface area contributed by atoms with Crippen LogP contribution in [0.25, 0.3) is 0 Å². The van der Waals surface area contributed by atoms with Crippen LogP contribution in [0.3, 0.4) is 0 Å². The number of sulfonamides is 1. The van der Waals surface area contributed by atoms with Gasteiger partial charge in [0.25, 0.3) is 10.0 Å². The molecule has 0 saturated heterocycles. The van der Waals surface area contributed by atoms with Gasteiger partial charge in [-0.15, -0.1) is 0 Å². The van der Waals surface area contributed by atoms with Gasteiger partial charge in [0.05, 0.1) is 17.2 Å². The van der Waals surface area contributed by atoms with Crippen LogP contribution in [0.1, 0.15) is 33.3 Å². The summed E-state index contributed by atoms with van der Waals surface area (Å²) in [6.07, 6.45) is 0. The fourth-order valence-corrected chi connectivity index (χ4v) is 5.83. The Morgan fingerprint density at radius 3 is 2.21 bits per heavy atom. The second kappa shape index (κ2) is 13.6. The highest BCUT2D eigenvalue weighted by atomic mass is 79.9. The molecule has 0 saturated carbocycles. The molecule has 1 N–H and O–H groups in total. The highest BCUT2D eigenvalue weighted by molar-refractivity contribution is 9.10. The third-order valence-corrected chi connectivity index (χ3v) is 8.17. The Labute approximate surface area is 239 Å². The first-order valence-electron chi connectivity index (χ1n) is 12.7. The molecule has 0 heterocycles. The molecule has 3 aromatic carbocycles. The van der Waals surface area contributed by atoms with Gasteiger partial charge in [-0.3, -0.25) is 13.9 Å². The van der Waals surface area contributed by atoms with Crippen LogP contribution in [-0.4, -0.2) is 50.4 Å². The quantitative estimate of drug-likeness (QED) is 0.310. The number of rotatable bonds is 12. The zero-order valence-electron chi connectivity index (χ0n) is 22.5. The van der Waals surface area contributed by atoms with Gasteiger partial charge >= 0.3 is 0 Å². The second-order valence-corrected chi connectivity index (χ2v) is 12.0. The Bertz CT molecular complexity index is 1370. The van der Waals surface area contributed by atoms with Crippen molar-refractivity contribution in [2.24, 2.45) is 0 Å². The monoisotopic (exact) mass is 615 g/mol. The van der Waals surface area contributed by atoms with Crippen molar-refractivity contribution in [3.63, 3.8) is 0 Å². The van der Waals surface area contributed by atoms with Gasteiger partial charge in [-0.2, -0.15) is 0 Å². The van der Waals surface area contributed by atoms with E-state index in [0.717, 1.165) is 14.3 Å². The van der Waals surface area contributed by atoms with Crippen LogP contribution in [0.4, 0.5) is 5.69 Å². The minimum Gasteiger partial charge on any atom is -0.494 e. The number of ether oxygens (including phenoxy) is 1. The normalized spacial score (nSPS) is 12.1. The molecule has 0 spiro atoms. The maximum atomic E-state index is 13.9. The molecule has 0 aliphatic rings. The van der Waals surface area contributed by atoms with E-state index >= 15 is 0 Å². The summed E-state index contributed by atoms with van der Waals surface area (Å²) in [5, 5.41) is 2.85. The third kappa shape index (κ3) is 8.06. The summed E-state index contributed by atoms with van der Waals surface area (Å²) in [6, 6.07) is 20.9. The minimum atomic E-state index is -4.12. The van der Waals surface area contributed by atoms with Crippen molar-refractivity contribution in [1.82, 2.24) is 10.2 Å². The molecule has 0 radical (unpaired) electrons. The van der Waals surface area contributed by atoms with E-state index in [1.165, 1.54) is 17.0 Å². The zero-order chi connectivity index (χ0) is 28.6. The van der Waals surface area contributed by atoms with Crippen LogP contribution in [0.5, 0.6) is 5.75 Å². The molecule has 10 heteroatoms. The van der Waals surface area contributed by atoms with Crippen LogP contribution in [0.15, 0.2) is 88.2 Å². The van der Waals surface area contributed by atoms with E-state index in [1.807, 2.05) is 45.0 Å². The van der Waals surface area contributed by atoms with Gasteiger partial charge in [-0.05, 0) is 81.8 Å². The van der Waals surface area contributed by atoms with E-state index in [4.69, 9.17) is 4.74 Å². The molecule has 0 aromatic heterocycles. The number of benzene rings is 3. The molecule has 1 atom stereocenters. The van der Waals surface area contributed by atoms with Crippen molar-refractivity contribution in [3.8, 4) is 5.75 Å². The van der Waals surface area contributed by atoms with Gasteiger partial charge in [-0.1, -0.05) is 46.3 Å². The number of nitrogens with zero attached hydrogens (tertiary/aromatic N) is 2. The largest absolute Gasteiger partial charge is 0.494 e. The maximum absolute atomic E-state index is 13.9. The average molecular weight is 617 g/mol. The Hall–Kier alpha value is -3.37. The zero-order valence-corrected chi connectivity index (χ0v) is 24.9. The van der Waals surface area contributed by atoms with Crippen LogP contribution in [0, 0.1) is 0 Å². The minimum absolute atomic E-state index is 0.0517. The summed E-state index contributed by atoms with van der Waals surface area (Å²) in [6.45, 7) is 7.25. The van der Waals surface area contributed by atoms with Crippen LogP contribution < -0.4 is 14.4 Å². The van der Waals surface area contributed by atoms with E-state index in [2.05, 4.69) is 21.2 Å². The molecule has 39 heavy (non-hydrogen) atoms. The number of halogens is 1. The topological polar surface area (TPSA) is 96.0 Å². The van der Waals surface area contributed by atoms with Crippen molar-refractivity contribution in [2.75, 3.05) is 17.5 Å². The van der Waals surface area contributed by atoms with Crippen molar-refractivity contribution in [2.45, 2.75) is 51.2 Å². The molecule has 208 valence electrons. The molecular weight excluding hydrogens is 582 g/mol. The van der Waals surface area contributed by atoms with Crippen LogP contribution in [-0.2, 0) is 26.2 Å². The van der Waals surface area contributed by atoms with Gasteiger partial charge in [0.15, 0.2) is 0 Å². The fourth-order valence-electron chi connectivity index (χ4n) is 3.94. The summed E-state index contributed by atoms with van der Waals surface area (Å²) in [5.41, 5.74) is 1.10. The lowest BCUT2D eigenvalue weighted by Gasteiger charge is -2.32. The predicted octanol–water partition coefficient (Wildman–Crippen LogP) is 4.99. The Morgan fingerprint density at radius 2 is 1.62 bits per heavy atom. The first kappa shape index (κ1) is 30.2. The Kier molecular flexibility index (Phi) is 10.5. The van der Waals surface area contributed by atoms with Gasteiger partial charge in [0, 0.05) is 17.1 Å². The highest BCUT2D eigenvalue weighted by Gasteiger charge is 2.32. The number of amides is 2. The van der Waals surface area contributed by atoms with E-state index < -0.39 is 28.5 Å². The number of anilines is 1. The SMILES string of the molecule is CCOc1ccc(N(CC(=O)N(Cc2cccc(Br)c2)[C@H](C)C(=O)NC(C)C)S(=O)(=O)c2ccccc2)cc1. The first-order chi connectivity index (χ1) is 18.5. The molecular formula is C29H34BrN3O5S. The maximum Gasteiger partial charge on any atom is 0.264 e. The molecule has 0 aliphatic heterocycles. The van der Waals surface area contributed by atoms with Gasteiger partial charge in [0.2, 0.25) is 11.8 Å². The summed E-state index contributed by atoms with van der Waals surface area (Å²) < 4.78 is 35.0.